The maximum Gasteiger partial charge on any atom is 0.343 e. The predicted octanol–water partition coefficient (Wildman–Crippen LogP) is 4.87. The summed E-state index contributed by atoms with van der Waals surface area (Å²) >= 11 is 11.7. The van der Waals surface area contributed by atoms with Crippen LogP contribution in [0.1, 0.15) is 17.3 Å². The summed E-state index contributed by atoms with van der Waals surface area (Å²) in [4.78, 5) is 24.8. The van der Waals surface area contributed by atoms with Crippen molar-refractivity contribution in [2.45, 2.75) is 6.92 Å². The third-order valence-electron chi connectivity index (χ3n) is 3.16. The highest BCUT2D eigenvalue weighted by Gasteiger charge is 2.23. The Morgan fingerprint density at radius 1 is 1.16 bits per heavy atom. The summed E-state index contributed by atoms with van der Waals surface area (Å²) in [6, 6.07) is 10.3. The van der Waals surface area contributed by atoms with Crippen molar-refractivity contribution in [3.8, 4) is 0 Å². The number of hydrogen-bond acceptors (Lipinski definition) is 4. The maximum absolute atomic E-state index is 13.2. The van der Waals surface area contributed by atoms with Crippen LogP contribution < -0.4 is 5.32 Å². The molecule has 0 unspecified atom stereocenters. The highest BCUT2D eigenvalue weighted by molar-refractivity contribution is 6.37. The summed E-state index contributed by atoms with van der Waals surface area (Å²) in [6.45, 7) is 1.73. The topological polar surface area (TPSA) is 55.4 Å². The summed E-state index contributed by atoms with van der Waals surface area (Å²) < 4.78 is 18.1. The fourth-order valence-corrected chi connectivity index (χ4v) is 2.36. The average molecular weight is 382 g/mol. The standard InChI is InChI=1S/C18H14Cl2FNO3/c1-2-25-18(24)13(17(23)12-5-3-4-6-14(12)19)10-22-11-7-8-16(21)15(20)9-11/h3-10,22H,2H2,1H3. The number of esters is 1. The molecule has 2 rings (SSSR count). The van der Waals surface area contributed by atoms with Gasteiger partial charge in [0.15, 0.2) is 0 Å². The van der Waals surface area contributed by atoms with Crippen LogP contribution in [0, 0.1) is 5.82 Å². The van der Waals surface area contributed by atoms with Gasteiger partial charge in [0.2, 0.25) is 5.78 Å². The van der Waals surface area contributed by atoms with Gasteiger partial charge in [-0.15, -0.1) is 0 Å². The minimum atomic E-state index is -0.798. The zero-order chi connectivity index (χ0) is 18.4. The smallest absolute Gasteiger partial charge is 0.343 e. The molecule has 0 atom stereocenters. The highest BCUT2D eigenvalue weighted by Crippen LogP contribution is 2.22. The maximum atomic E-state index is 13.2. The van der Waals surface area contributed by atoms with E-state index < -0.39 is 17.6 Å². The van der Waals surface area contributed by atoms with Crippen LogP contribution in [0.4, 0.5) is 10.1 Å². The van der Waals surface area contributed by atoms with Crippen LogP contribution in [0.2, 0.25) is 10.0 Å². The second kappa shape index (κ2) is 8.65. The van der Waals surface area contributed by atoms with Crippen LogP contribution in [-0.4, -0.2) is 18.4 Å². The van der Waals surface area contributed by atoms with Crippen molar-refractivity contribution in [3.63, 3.8) is 0 Å². The molecule has 0 spiro atoms. The Labute approximate surface area is 154 Å². The van der Waals surface area contributed by atoms with Crippen LogP contribution in [0.5, 0.6) is 0 Å². The van der Waals surface area contributed by atoms with E-state index in [0.717, 1.165) is 0 Å². The number of rotatable bonds is 6. The van der Waals surface area contributed by atoms with Gasteiger partial charge in [0, 0.05) is 17.5 Å². The normalized spacial score (nSPS) is 11.1. The van der Waals surface area contributed by atoms with Crippen molar-refractivity contribution in [1.29, 1.82) is 0 Å². The zero-order valence-corrected chi connectivity index (χ0v) is 14.7. The molecule has 25 heavy (non-hydrogen) atoms. The van der Waals surface area contributed by atoms with Crippen LogP contribution in [0.3, 0.4) is 0 Å². The van der Waals surface area contributed by atoms with Gasteiger partial charge in [-0.25, -0.2) is 9.18 Å². The lowest BCUT2D eigenvalue weighted by atomic mass is 10.0. The first kappa shape index (κ1) is 19.0. The summed E-state index contributed by atoms with van der Waals surface area (Å²) in [5.41, 5.74) is 0.331. The Bertz CT molecular complexity index is 837. The fourth-order valence-electron chi connectivity index (χ4n) is 1.96. The first-order valence-corrected chi connectivity index (χ1v) is 8.07. The van der Waals surface area contributed by atoms with Gasteiger partial charge in [0.05, 0.1) is 16.7 Å². The van der Waals surface area contributed by atoms with Crippen LogP contribution in [0.25, 0.3) is 0 Å². The third kappa shape index (κ3) is 4.81. The molecule has 4 nitrogen and oxygen atoms in total. The Morgan fingerprint density at radius 2 is 1.88 bits per heavy atom. The molecule has 0 fully saturated rings. The number of halogens is 3. The molecule has 130 valence electrons. The summed E-state index contributed by atoms with van der Waals surface area (Å²) in [6.07, 6.45) is 1.19. The second-order valence-electron chi connectivity index (χ2n) is 4.86. The molecule has 2 aromatic rings. The van der Waals surface area contributed by atoms with Gasteiger partial charge < -0.3 is 10.1 Å². The molecule has 0 heterocycles. The largest absolute Gasteiger partial charge is 0.462 e. The molecule has 0 saturated carbocycles. The molecule has 0 bridgehead atoms. The average Bonchev–Trinajstić information content (AvgIpc) is 2.58. The van der Waals surface area contributed by atoms with Gasteiger partial charge >= 0.3 is 5.97 Å². The molecule has 0 radical (unpaired) electrons. The van der Waals surface area contributed by atoms with Crippen LogP contribution in [-0.2, 0) is 9.53 Å². The number of Topliss-reactive ketones (excluding diaryl/α,β-unsaturated/α-hetero) is 1. The number of benzene rings is 2. The van der Waals surface area contributed by atoms with E-state index >= 15 is 0 Å². The lowest BCUT2D eigenvalue weighted by Crippen LogP contribution is -2.18. The Morgan fingerprint density at radius 3 is 2.52 bits per heavy atom. The molecule has 0 aromatic heterocycles. The first-order chi connectivity index (χ1) is 11.9. The van der Waals surface area contributed by atoms with Crippen molar-refractivity contribution in [3.05, 3.63) is 75.7 Å². The van der Waals surface area contributed by atoms with Crippen LogP contribution in [0.15, 0.2) is 54.2 Å². The number of carbonyl (C=O) groups excluding carboxylic acids is 2. The lowest BCUT2D eigenvalue weighted by Gasteiger charge is -2.09. The molecule has 1 N–H and O–H groups in total. The Hall–Kier alpha value is -2.37. The summed E-state index contributed by atoms with van der Waals surface area (Å²) in [7, 11) is 0. The van der Waals surface area contributed by atoms with Crippen molar-refractivity contribution >= 4 is 40.6 Å². The van der Waals surface area contributed by atoms with Gasteiger partial charge in [0.1, 0.15) is 11.4 Å². The molecule has 0 aliphatic carbocycles. The third-order valence-corrected chi connectivity index (χ3v) is 3.78. The quantitative estimate of drug-likeness (QED) is 0.255. The van der Waals surface area contributed by atoms with E-state index in [9.17, 15) is 14.0 Å². The summed E-state index contributed by atoms with van der Waals surface area (Å²) in [5.74, 6) is -1.97. The number of ether oxygens (including phenoxy) is 1. The van der Waals surface area contributed by atoms with Crippen molar-refractivity contribution in [1.82, 2.24) is 0 Å². The highest BCUT2D eigenvalue weighted by atomic mass is 35.5. The number of anilines is 1. The SMILES string of the molecule is CCOC(=O)C(=CNc1ccc(F)c(Cl)c1)C(=O)c1ccccc1Cl. The van der Waals surface area contributed by atoms with E-state index in [1.54, 1.807) is 25.1 Å². The van der Waals surface area contributed by atoms with Crippen molar-refractivity contribution in [2.75, 3.05) is 11.9 Å². The monoisotopic (exact) mass is 381 g/mol. The number of hydrogen-bond donors (Lipinski definition) is 1. The molecule has 0 aliphatic heterocycles. The van der Waals surface area contributed by atoms with Crippen molar-refractivity contribution in [2.24, 2.45) is 0 Å². The van der Waals surface area contributed by atoms with E-state index in [1.807, 2.05) is 0 Å². The number of nitrogens with one attached hydrogen (secondary N) is 1. The Kier molecular flexibility index (Phi) is 6.56. The van der Waals surface area contributed by atoms with E-state index in [0.29, 0.717) is 5.69 Å². The molecular formula is C18H14Cl2FNO3. The van der Waals surface area contributed by atoms with Gasteiger partial charge in [-0.05, 0) is 37.3 Å². The number of carbonyl (C=O) groups is 2. The van der Waals surface area contributed by atoms with Crippen molar-refractivity contribution < 1.29 is 18.7 Å². The van der Waals surface area contributed by atoms with Crippen LogP contribution >= 0.6 is 23.2 Å². The lowest BCUT2D eigenvalue weighted by molar-refractivity contribution is -0.138. The van der Waals surface area contributed by atoms with E-state index in [1.165, 1.54) is 30.5 Å². The molecule has 0 saturated heterocycles. The second-order valence-corrected chi connectivity index (χ2v) is 5.68. The molecule has 2 aromatic carbocycles. The fraction of sp³-hybridized carbons (Fsp3) is 0.111. The minimum absolute atomic E-state index is 0.0893. The van der Waals surface area contributed by atoms with E-state index in [4.69, 9.17) is 27.9 Å². The first-order valence-electron chi connectivity index (χ1n) is 7.32. The van der Waals surface area contributed by atoms with E-state index in [-0.39, 0.29) is 27.8 Å². The van der Waals surface area contributed by atoms with Gasteiger partial charge in [-0.3, -0.25) is 4.79 Å². The summed E-state index contributed by atoms with van der Waals surface area (Å²) in [5, 5.41) is 2.87. The van der Waals surface area contributed by atoms with Gasteiger partial charge in [0.25, 0.3) is 0 Å². The predicted molar refractivity (Wildman–Crippen MR) is 95.5 cm³/mol. The zero-order valence-electron chi connectivity index (χ0n) is 13.2. The molecule has 0 aliphatic rings. The van der Waals surface area contributed by atoms with E-state index in [2.05, 4.69) is 5.32 Å². The molecule has 7 heteroatoms. The molecule has 0 amide bonds. The van der Waals surface area contributed by atoms with Gasteiger partial charge in [-0.2, -0.15) is 0 Å². The Balaban J connectivity index is 2.35. The molecular weight excluding hydrogens is 368 g/mol. The van der Waals surface area contributed by atoms with Gasteiger partial charge in [-0.1, -0.05) is 35.3 Å². The minimum Gasteiger partial charge on any atom is -0.462 e. The number of ketones is 1.